The number of rotatable bonds is 7. The molecule has 1 aromatic rings. The zero-order valence-electron chi connectivity index (χ0n) is 20.3. The molecule has 0 aromatic heterocycles. The Balaban J connectivity index is 0.00000324. The summed E-state index contributed by atoms with van der Waals surface area (Å²) < 4.78 is 0. The molecule has 1 aromatic carbocycles. The number of nitrogens with zero attached hydrogens (tertiary/aromatic N) is 2. The fourth-order valence-electron chi connectivity index (χ4n) is 5.89. The van der Waals surface area contributed by atoms with Crippen LogP contribution in [-0.4, -0.2) is 68.6 Å². The highest BCUT2D eigenvalue weighted by atomic mass is 35.5. The highest BCUT2D eigenvalue weighted by Gasteiger charge is 2.54. The van der Waals surface area contributed by atoms with Gasteiger partial charge in [-0.3, -0.25) is 14.5 Å². The minimum atomic E-state index is -0.847. The lowest BCUT2D eigenvalue weighted by molar-refractivity contribution is -0.163. The molecule has 4 rings (SSSR count). The molecule has 34 heavy (non-hydrogen) atoms. The van der Waals surface area contributed by atoms with Gasteiger partial charge in [-0.05, 0) is 49.8 Å². The number of benzene rings is 1. The van der Waals surface area contributed by atoms with E-state index in [1.807, 2.05) is 17.0 Å². The molecular formula is C26H40ClN3O4. The Labute approximate surface area is 209 Å². The Morgan fingerprint density at radius 2 is 1.68 bits per heavy atom. The molecule has 0 bridgehead atoms. The van der Waals surface area contributed by atoms with Crippen LogP contribution in [0.3, 0.4) is 0 Å². The number of aliphatic hydroxyl groups is 1. The average Bonchev–Trinajstić information content (AvgIpc) is 2.81. The standard InChI is InChI=1S/C26H39N3O4.ClH/c1-2-3-15-29-23(31)22(18-25(33)11-5-4-6-12-25)27-24(32)26(29)13-16-28(17-14-26)19-20-7-9-21(30)10-8-20;/h7-10,22,30,33H,2-6,11-19H2,1H3,(H,27,32);1H/t22-;/m1./s1. The maximum absolute atomic E-state index is 13.6. The number of halogens is 1. The predicted octanol–water partition coefficient (Wildman–Crippen LogP) is 3.36. The molecule has 1 atom stereocenters. The molecule has 1 spiro atoms. The Morgan fingerprint density at radius 1 is 1.03 bits per heavy atom. The van der Waals surface area contributed by atoms with Crippen LogP contribution in [0.25, 0.3) is 0 Å². The van der Waals surface area contributed by atoms with Gasteiger partial charge in [-0.25, -0.2) is 0 Å². The highest BCUT2D eigenvalue weighted by Crippen LogP contribution is 2.37. The third-order valence-electron chi connectivity index (χ3n) is 7.94. The number of hydrogen-bond donors (Lipinski definition) is 3. The maximum Gasteiger partial charge on any atom is 0.246 e. The molecule has 2 amide bonds. The first-order chi connectivity index (χ1) is 15.8. The summed E-state index contributed by atoms with van der Waals surface area (Å²) in [7, 11) is 0. The molecule has 3 N–H and O–H groups in total. The van der Waals surface area contributed by atoms with Gasteiger partial charge in [0.15, 0.2) is 0 Å². The van der Waals surface area contributed by atoms with Gasteiger partial charge in [0.05, 0.1) is 5.60 Å². The molecule has 1 saturated carbocycles. The largest absolute Gasteiger partial charge is 0.508 e. The number of nitrogens with one attached hydrogen (secondary N) is 1. The van der Waals surface area contributed by atoms with E-state index in [0.29, 0.717) is 38.6 Å². The van der Waals surface area contributed by atoms with E-state index in [2.05, 4.69) is 17.1 Å². The normalized spacial score (nSPS) is 24.5. The molecule has 7 nitrogen and oxygen atoms in total. The van der Waals surface area contributed by atoms with Crippen LogP contribution in [0, 0.1) is 0 Å². The number of hydrogen-bond acceptors (Lipinski definition) is 5. The zero-order chi connectivity index (χ0) is 23.5. The number of likely N-dealkylation sites (tertiary alicyclic amines) is 1. The molecule has 0 unspecified atom stereocenters. The van der Waals surface area contributed by atoms with Gasteiger partial charge in [0.25, 0.3) is 0 Å². The van der Waals surface area contributed by atoms with Gasteiger partial charge >= 0.3 is 0 Å². The topological polar surface area (TPSA) is 93.1 Å². The summed E-state index contributed by atoms with van der Waals surface area (Å²) in [5.41, 5.74) is -0.513. The van der Waals surface area contributed by atoms with Crippen molar-refractivity contribution in [3.05, 3.63) is 29.8 Å². The van der Waals surface area contributed by atoms with Gasteiger partial charge in [0.2, 0.25) is 11.8 Å². The zero-order valence-corrected chi connectivity index (χ0v) is 21.1. The van der Waals surface area contributed by atoms with Crippen LogP contribution in [0.4, 0.5) is 0 Å². The first kappa shape index (κ1) is 26.8. The van der Waals surface area contributed by atoms with Gasteiger partial charge in [0.1, 0.15) is 17.3 Å². The average molecular weight is 494 g/mol. The number of aromatic hydroxyl groups is 1. The van der Waals surface area contributed by atoms with E-state index in [4.69, 9.17) is 0 Å². The molecule has 0 radical (unpaired) electrons. The second-order valence-electron chi connectivity index (χ2n) is 10.3. The monoisotopic (exact) mass is 493 g/mol. The quantitative estimate of drug-likeness (QED) is 0.541. The second-order valence-corrected chi connectivity index (χ2v) is 10.3. The molecule has 2 saturated heterocycles. The number of carbonyl (C=O) groups is 2. The molecule has 8 heteroatoms. The summed E-state index contributed by atoms with van der Waals surface area (Å²) in [5.74, 6) is 0.189. The van der Waals surface area contributed by atoms with Crippen LogP contribution in [-0.2, 0) is 16.1 Å². The lowest BCUT2D eigenvalue weighted by Gasteiger charge is -2.52. The molecule has 1 aliphatic carbocycles. The van der Waals surface area contributed by atoms with Crippen LogP contribution >= 0.6 is 12.4 Å². The van der Waals surface area contributed by atoms with E-state index >= 15 is 0 Å². The van der Waals surface area contributed by atoms with Crippen LogP contribution in [0.15, 0.2) is 24.3 Å². The number of unbranched alkanes of at least 4 members (excludes halogenated alkanes) is 1. The van der Waals surface area contributed by atoms with E-state index < -0.39 is 17.2 Å². The van der Waals surface area contributed by atoms with Crippen molar-refractivity contribution in [1.82, 2.24) is 15.1 Å². The summed E-state index contributed by atoms with van der Waals surface area (Å²) >= 11 is 0. The first-order valence-electron chi connectivity index (χ1n) is 12.7. The fourth-order valence-corrected chi connectivity index (χ4v) is 5.89. The van der Waals surface area contributed by atoms with Crippen molar-refractivity contribution in [1.29, 1.82) is 0 Å². The molecule has 2 heterocycles. The van der Waals surface area contributed by atoms with Crippen LogP contribution in [0.5, 0.6) is 5.75 Å². The summed E-state index contributed by atoms with van der Waals surface area (Å²) in [5, 5.41) is 23.6. The highest BCUT2D eigenvalue weighted by molar-refractivity contribution is 6.00. The van der Waals surface area contributed by atoms with E-state index in [9.17, 15) is 19.8 Å². The number of piperazine rings is 1. The van der Waals surface area contributed by atoms with Gasteiger partial charge in [0, 0.05) is 32.6 Å². The summed E-state index contributed by atoms with van der Waals surface area (Å²) in [6, 6.07) is 6.61. The van der Waals surface area contributed by atoms with Crippen molar-refractivity contribution in [2.75, 3.05) is 19.6 Å². The summed E-state index contributed by atoms with van der Waals surface area (Å²) in [4.78, 5) is 31.3. The van der Waals surface area contributed by atoms with E-state index in [0.717, 1.165) is 57.3 Å². The van der Waals surface area contributed by atoms with E-state index in [-0.39, 0.29) is 30.0 Å². The fraction of sp³-hybridized carbons (Fsp3) is 0.692. The Bertz CT molecular complexity index is 833. The van der Waals surface area contributed by atoms with Gasteiger partial charge < -0.3 is 20.4 Å². The predicted molar refractivity (Wildman–Crippen MR) is 134 cm³/mol. The second kappa shape index (κ2) is 11.3. The minimum Gasteiger partial charge on any atom is -0.508 e. The number of carbonyl (C=O) groups excluding carboxylic acids is 2. The first-order valence-corrected chi connectivity index (χ1v) is 12.7. The summed E-state index contributed by atoms with van der Waals surface area (Å²) in [6.45, 7) is 4.92. The number of phenolic OH excluding ortho intramolecular Hbond substituents is 1. The van der Waals surface area contributed by atoms with Crippen LogP contribution < -0.4 is 5.32 Å². The third-order valence-corrected chi connectivity index (χ3v) is 7.94. The molecule has 3 fully saturated rings. The SMILES string of the molecule is CCCCN1C(=O)[C@@H](CC2(O)CCCCC2)NC(=O)C12CCN(Cc1ccc(O)cc1)CC2.Cl. The number of piperidine rings is 1. The van der Waals surface area contributed by atoms with E-state index in [1.54, 1.807) is 12.1 Å². The Morgan fingerprint density at radius 3 is 2.29 bits per heavy atom. The van der Waals surface area contributed by atoms with Gasteiger partial charge in [-0.15, -0.1) is 12.4 Å². The van der Waals surface area contributed by atoms with E-state index in [1.165, 1.54) is 0 Å². The molecule has 3 aliphatic rings. The van der Waals surface area contributed by atoms with Crippen LogP contribution in [0.1, 0.15) is 76.7 Å². The lowest BCUT2D eigenvalue weighted by atomic mass is 9.77. The number of phenols is 1. The van der Waals surface area contributed by atoms with Crippen molar-refractivity contribution < 1.29 is 19.8 Å². The molecule has 2 aliphatic heterocycles. The molecular weight excluding hydrogens is 454 g/mol. The van der Waals surface area contributed by atoms with Crippen molar-refractivity contribution in [3.63, 3.8) is 0 Å². The summed E-state index contributed by atoms with van der Waals surface area (Å²) in [6.07, 6.45) is 7.88. The minimum absolute atomic E-state index is 0. The van der Waals surface area contributed by atoms with Gasteiger partial charge in [-0.1, -0.05) is 44.7 Å². The van der Waals surface area contributed by atoms with Crippen molar-refractivity contribution in [2.45, 2.75) is 94.9 Å². The van der Waals surface area contributed by atoms with Crippen molar-refractivity contribution in [2.24, 2.45) is 0 Å². The lowest BCUT2D eigenvalue weighted by Crippen LogP contribution is -2.73. The van der Waals surface area contributed by atoms with Gasteiger partial charge in [-0.2, -0.15) is 0 Å². The molecule has 190 valence electrons. The Hall–Kier alpha value is -1.83. The van der Waals surface area contributed by atoms with Crippen molar-refractivity contribution in [3.8, 4) is 5.75 Å². The smallest absolute Gasteiger partial charge is 0.246 e. The maximum atomic E-state index is 13.6. The van der Waals surface area contributed by atoms with Crippen LogP contribution in [0.2, 0.25) is 0 Å². The third kappa shape index (κ3) is 5.69. The Kier molecular flexibility index (Phi) is 8.87. The number of amides is 2. The van der Waals surface area contributed by atoms with Crippen molar-refractivity contribution >= 4 is 24.2 Å².